The van der Waals surface area contributed by atoms with Crippen molar-refractivity contribution in [1.29, 1.82) is 0 Å². The molecule has 2 aromatic rings. The number of carbonyl (C=O) groups excluding carboxylic acids is 1. The van der Waals surface area contributed by atoms with Crippen LogP contribution in [0.3, 0.4) is 0 Å². The van der Waals surface area contributed by atoms with Crippen molar-refractivity contribution < 1.29 is 19.4 Å². The van der Waals surface area contributed by atoms with Crippen LogP contribution in [-0.4, -0.2) is 35.0 Å². The lowest BCUT2D eigenvalue weighted by molar-refractivity contribution is -0.127. The Labute approximate surface area is 179 Å². The second kappa shape index (κ2) is 7.86. The highest BCUT2D eigenvalue weighted by Gasteiger charge is 2.50. The number of aliphatic hydroxyl groups is 1. The third-order valence-electron chi connectivity index (χ3n) is 6.43. The molecule has 0 radical (unpaired) electrons. The van der Waals surface area contributed by atoms with E-state index in [4.69, 9.17) is 9.47 Å². The number of aliphatic hydroxyl groups excluding tert-OH is 1. The number of nitrogens with one attached hydrogen (secondary N) is 2. The molecule has 5 rings (SSSR count). The van der Waals surface area contributed by atoms with E-state index in [0.717, 1.165) is 11.3 Å². The average molecular weight is 423 g/mol. The zero-order valence-corrected chi connectivity index (χ0v) is 17.2. The van der Waals surface area contributed by atoms with Gasteiger partial charge in [-0.05, 0) is 36.8 Å². The minimum absolute atomic E-state index is 0.0646. The van der Waals surface area contributed by atoms with Crippen molar-refractivity contribution in [3.05, 3.63) is 63.6 Å². The van der Waals surface area contributed by atoms with Crippen LogP contribution in [-0.2, 0) is 17.9 Å². The molecule has 31 heavy (non-hydrogen) atoms. The molecule has 8 nitrogen and oxygen atoms in total. The van der Waals surface area contributed by atoms with Gasteiger partial charge in [0.25, 0.3) is 5.56 Å². The largest absolute Gasteiger partial charge is 0.454 e. The fraction of sp³-hybridized carbons (Fsp3) is 0.391. The zero-order valence-electron chi connectivity index (χ0n) is 17.2. The van der Waals surface area contributed by atoms with Gasteiger partial charge in [-0.3, -0.25) is 9.59 Å². The third kappa shape index (κ3) is 3.32. The van der Waals surface area contributed by atoms with Crippen LogP contribution >= 0.6 is 0 Å². The van der Waals surface area contributed by atoms with Crippen molar-refractivity contribution in [3.8, 4) is 11.5 Å². The summed E-state index contributed by atoms with van der Waals surface area (Å²) in [7, 11) is 0. The normalized spacial score (nSPS) is 25.6. The predicted octanol–water partition coefficient (Wildman–Crippen LogP) is 1.18. The number of benzene rings is 1. The monoisotopic (exact) mass is 423 g/mol. The first-order valence-corrected chi connectivity index (χ1v) is 10.5. The Kier molecular flexibility index (Phi) is 5.03. The maximum atomic E-state index is 13.2. The maximum absolute atomic E-state index is 13.2. The number of hydrogen-bond acceptors (Lipinski definition) is 6. The Morgan fingerprint density at radius 2 is 2.13 bits per heavy atom. The van der Waals surface area contributed by atoms with Crippen molar-refractivity contribution in [2.24, 2.45) is 11.8 Å². The van der Waals surface area contributed by atoms with Crippen LogP contribution in [0.15, 0.2) is 41.2 Å². The minimum Gasteiger partial charge on any atom is -0.454 e. The van der Waals surface area contributed by atoms with Crippen LogP contribution in [0.1, 0.15) is 29.8 Å². The van der Waals surface area contributed by atoms with Crippen molar-refractivity contribution in [3.63, 3.8) is 0 Å². The molecule has 4 heterocycles. The van der Waals surface area contributed by atoms with Crippen LogP contribution < -0.4 is 25.7 Å². The molecular weight excluding hydrogens is 398 g/mol. The van der Waals surface area contributed by atoms with Gasteiger partial charge >= 0.3 is 0 Å². The van der Waals surface area contributed by atoms with Crippen LogP contribution in [0, 0.1) is 11.8 Å². The summed E-state index contributed by atoms with van der Waals surface area (Å²) >= 11 is 0. The number of amides is 1. The number of carbonyl (C=O) groups is 1. The lowest BCUT2D eigenvalue weighted by Crippen LogP contribution is -2.43. The molecule has 1 saturated heterocycles. The summed E-state index contributed by atoms with van der Waals surface area (Å²) in [4.78, 5) is 26.1. The SMILES string of the molecule is C/C=C/c1ccc2n(c1=O)C[C@@H]1N[C@H]2[C@H](C(=O)NCc2ccc3c(c2)OCO3)[C@H]1CO. The number of fused-ring (bicyclic) bond motifs is 5. The van der Waals surface area contributed by atoms with Gasteiger partial charge in [-0.2, -0.15) is 0 Å². The summed E-state index contributed by atoms with van der Waals surface area (Å²) in [5.74, 6) is 0.484. The van der Waals surface area contributed by atoms with Crippen molar-refractivity contribution >= 4 is 12.0 Å². The average Bonchev–Trinajstić information content (AvgIpc) is 3.36. The molecule has 4 atom stereocenters. The van der Waals surface area contributed by atoms with Crippen LogP contribution in [0.5, 0.6) is 11.5 Å². The number of hydrogen-bond donors (Lipinski definition) is 3. The number of nitrogens with zero attached hydrogens (tertiary/aromatic N) is 1. The molecule has 1 aromatic heterocycles. The molecule has 0 aliphatic carbocycles. The second-order valence-corrected chi connectivity index (χ2v) is 8.16. The van der Waals surface area contributed by atoms with E-state index in [2.05, 4.69) is 10.6 Å². The van der Waals surface area contributed by atoms with Crippen LogP contribution in [0.25, 0.3) is 6.08 Å². The highest BCUT2D eigenvalue weighted by molar-refractivity contribution is 5.80. The lowest BCUT2D eigenvalue weighted by atomic mass is 9.86. The highest BCUT2D eigenvalue weighted by Crippen LogP contribution is 2.41. The number of aromatic nitrogens is 1. The first-order valence-electron chi connectivity index (χ1n) is 10.5. The van der Waals surface area contributed by atoms with Gasteiger partial charge in [0.2, 0.25) is 12.7 Å². The fourth-order valence-electron chi connectivity index (χ4n) is 4.93. The van der Waals surface area contributed by atoms with E-state index in [1.807, 2.05) is 37.3 Å². The van der Waals surface area contributed by atoms with Crippen molar-refractivity contribution in [2.45, 2.75) is 32.1 Å². The van der Waals surface area contributed by atoms with Gasteiger partial charge < -0.3 is 29.8 Å². The van der Waals surface area contributed by atoms with Gasteiger partial charge in [0, 0.05) is 42.9 Å². The molecule has 8 heteroatoms. The van der Waals surface area contributed by atoms with Gasteiger partial charge in [0.15, 0.2) is 11.5 Å². The summed E-state index contributed by atoms with van der Waals surface area (Å²) in [6, 6.07) is 8.82. The predicted molar refractivity (Wildman–Crippen MR) is 114 cm³/mol. The van der Waals surface area contributed by atoms with Crippen molar-refractivity contribution in [2.75, 3.05) is 13.4 Å². The molecular formula is C23H25N3O5. The Morgan fingerprint density at radius 1 is 1.29 bits per heavy atom. The Hall–Kier alpha value is -3.10. The minimum atomic E-state index is -0.468. The van der Waals surface area contributed by atoms with E-state index in [1.165, 1.54) is 0 Å². The van der Waals surface area contributed by atoms with E-state index in [9.17, 15) is 14.7 Å². The molecule has 1 fully saturated rings. The molecule has 162 valence electrons. The van der Waals surface area contributed by atoms with Crippen molar-refractivity contribution in [1.82, 2.24) is 15.2 Å². The molecule has 3 N–H and O–H groups in total. The third-order valence-corrected chi connectivity index (χ3v) is 6.43. The van der Waals surface area contributed by atoms with Gasteiger partial charge in [-0.25, -0.2) is 0 Å². The van der Waals surface area contributed by atoms with Crippen LogP contribution in [0.2, 0.25) is 0 Å². The highest BCUT2D eigenvalue weighted by atomic mass is 16.7. The topological polar surface area (TPSA) is 102 Å². The zero-order chi connectivity index (χ0) is 21.5. The molecule has 1 aromatic carbocycles. The molecule has 0 unspecified atom stereocenters. The summed E-state index contributed by atoms with van der Waals surface area (Å²) in [6.07, 6.45) is 3.63. The molecule has 1 amide bonds. The molecule has 3 aliphatic heterocycles. The van der Waals surface area contributed by atoms with E-state index < -0.39 is 5.92 Å². The number of pyridine rings is 1. The van der Waals surface area contributed by atoms with E-state index in [1.54, 1.807) is 16.7 Å². The molecule has 3 aliphatic rings. The smallest absolute Gasteiger partial charge is 0.258 e. The van der Waals surface area contributed by atoms with Gasteiger partial charge in [-0.1, -0.05) is 18.2 Å². The Balaban J connectivity index is 1.39. The summed E-state index contributed by atoms with van der Waals surface area (Å²) in [6.45, 7) is 2.73. The fourth-order valence-corrected chi connectivity index (χ4v) is 4.93. The maximum Gasteiger partial charge on any atom is 0.258 e. The van der Waals surface area contributed by atoms with Gasteiger partial charge in [0.05, 0.1) is 12.0 Å². The number of ether oxygens (including phenoxy) is 2. The molecule has 0 saturated carbocycles. The Morgan fingerprint density at radius 3 is 2.94 bits per heavy atom. The molecule has 0 spiro atoms. The number of rotatable bonds is 5. The summed E-state index contributed by atoms with van der Waals surface area (Å²) < 4.78 is 12.5. The first kappa shape index (κ1) is 19.8. The number of allylic oxidation sites excluding steroid dienone is 1. The lowest BCUT2D eigenvalue weighted by Gasteiger charge is -2.28. The summed E-state index contributed by atoms with van der Waals surface area (Å²) in [5.41, 5.74) is 2.25. The first-order chi connectivity index (χ1) is 15.1. The quantitative estimate of drug-likeness (QED) is 0.668. The van der Waals surface area contributed by atoms with E-state index in [-0.39, 0.29) is 42.9 Å². The van der Waals surface area contributed by atoms with Gasteiger partial charge in [-0.15, -0.1) is 0 Å². The van der Waals surface area contributed by atoms with E-state index in [0.29, 0.717) is 30.2 Å². The molecule has 2 bridgehead atoms. The Bertz CT molecular complexity index is 1110. The summed E-state index contributed by atoms with van der Waals surface area (Å²) in [5, 5.41) is 16.5. The standard InChI is InChI=1S/C23H25N3O5/c1-2-3-14-5-6-17-21-20(15(11-27)16(25-21)10-26(17)23(14)29)22(28)24-9-13-4-7-18-19(8-13)31-12-30-18/h2-8,15-16,20-21,25,27H,9-12H2,1H3,(H,24,28)/b3-2+/t15-,16-,20+,21+/m0/s1. The van der Waals surface area contributed by atoms with E-state index >= 15 is 0 Å². The second-order valence-electron chi connectivity index (χ2n) is 8.16. The van der Waals surface area contributed by atoms with Gasteiger partial charge in [0.1, 0.15) is 0 Å². The van der Waals surface area contributed by atoms with Crippen LogP contribution in [0.4, 0.5) is 0 Å².